The van der Waals surface area contributed by atoms with Gasteiger partial charge in [-0.3, -0.25) is 87.0 Å². The zero-order valence-corrected chi connectivity index (χ0v) is 75.3. The van der Waals surface area contributed by atoms with Crippen LogP contribution in [0.3, 0.4) is 0 Å². The normalized spacial score (nSPS) is 23.3. The van der Waals surface area contributed by atoms with Crippen molar-refractivity contribution in [3.05, 3.63) is 144 Å². The third kappa shape index (κ3) is 37.5. The fourth-order valence-corrected chi connectivity index (χ4v) is 15.2. The number of H-pyrrole nitrogens is 1. The van der Waals surface area contributed by atoms with E-state index in [0.29, 0.717) is 49.2 Å². The number of rotatable bonds is 31. The van der Waals surface area contributed by atoms with Gasteiger partial charge in [0.15, 0.2) is 11.7 Å². The summed E-state index contributed by atoms with van der Waals surface area (Å²) >= 11 is 0.762. The molecule has 6 rings (SSSR count). The minimum absolute atomic E-state index is 0.00463. The first-order valence-electron chi connectivity index (χ1n) is 43.6. The van der Waals surface area contributed by atoms with Crippen molar-refractivity contribution in [2.75, 3.05) is 32.1 Å². The number of aromatic hydroxyl groups is 1. The van der Waals surface area contributed by atoms with Gasteiger partial charge < -0.3 is 105 Å². The first-order chi connectivity index (χ1) is 61.9. The number of imidazole rings is 1. The van der Waals surface area contributed by atoms with Gasteiger partial charge >= 0.3 is 17.9 Å². The summed E-state index contributed by atoms with van der Waals surface area (Å²) in [5, 5.41) is 90.7. The number of nitrogens with zero attached hydrogens (tertiary/aromatic N) is 2. The number of benzene rings is 4. The summed E-state index contributed by atoms with van der Waals surface area (Å²) in [6.45, 7) is 9.93. The summed E-state index contributed by atoms with van der Waals surface area (Å²) < 4.78 is 0. The number of aliphatic hydroxyl groups excluding tert-OH is 1. The number of nitrogens with two attached hydrogens (primary N) is 1. The quantitative estimate of drug-likeness (QED) is 0.0169. The molecule has 0 aliphatic carbocycles. The number of primary amides is 1. The molecule has 22 N–H and O–H groups in total. The molecule has 708 valence electrons. The molecule has 14 atom stereocenters. The lowest BCUT2D eigenvalue weighted by atomic mass is 9.92. The number of phenols is 1. The van der Waals surface area contributed by atoms with E-state index in [0.717, 1.165) is 28.5 Å². The summed E-state index contributed by atoms with van der Waals surface area (Å²) in [5.74, 6) is -21.8. The summed E-state index contributed by atoms with van der Waals surface area (Å²) in [6, 6.07) is 12.0. The van der Waals surface area contributed by atoms with Crippen molar-refractivity contribution in [2.24, 2.45) is 28.5 Å². The van der Waals surface area contributed by atoms with Gasteiger partial charge in [0.25, 0.3) is 0 Å². The van der Waals surface area contributed by atoms with Gasteiger partial charge in [0.2, 0.25) is 70.9 Å². The zero-order chi connectivity index (χ0) is 95.5. The van der Waals surface area contributed by atoms with Crippen molar-refractivity contribution in [3.8, 4) is 16.9 Å². The van der Waals surface area contributed by atoms with E-state index in [4.69, 9.17) is 5.73 Å². The molecule has 0 spiro atoms. The second kappa shape index (κ2) is 55.1. The number of phenolic OH excluding ortho intramolecular Hbond substituents is 1. The van der Waals surface area contributed by atoms with Gasteiger partial charge in [-0.2, -0.15) is 0 Å². The van der Waals surface area contributed by atoms with E-state index in [9.17, 15) is 78.3 Å². The number of aromatic nitrogens is 2. The van der Waals surface area contributed by atoms with Crippen LogP contribution in [0.5, 0.6) is 5.75 Å². The number of carboxylic acids is 3. The number of nitrogens with one attached hydrogen (secondary N) is 15. The molecule has 2 heterocycles. The summed E-state index contributed by atoms with van der Waals surface area (Å²) in [6.07, 6.45) is -2.04. The Morgan fingerprint density at radius 3 is 1.65 bits per heavy atom. The van der Waals surface area contributed by atoms with Crippen molar-refractivity contribution in [1.29, 1.82) is 0 Å². The third-order valence-corrected chi connectivity index (χ3v) is 22.5. The SMILES string of the molecule is CCCCC[C@@H]1NC(O)[C@H](CCCN/C(=N\C)NC)NC(=O)[C@H](C)NC(=O)CSC[C@@H](C(N)=O)NC(=O)[C@H](CC(=O)O)NC(=O)[C@H](CCCCc2ccccc2)NC(=O)[C@H](Cc2ccc(-c3ccccc3)cc2)NC(=O)[C@H](CC(C)C)NC(=O)[C@H](C(C)C)NC(=O)[C@H](CCC(=O)O)NC(=O)[C@H](CC(=O)O)CC(=O)[C@H](Cc2c[nH]cn2)NC(=O)[C@H](Cc2ccc(O)cc2)NC1=O. The van der Waals surface area contributed by atoms with Gasteiger partial charge in [-0.05, 0) is 110 Å². The predicted octanol–water partition coefficient (Wildman–Crippen LogP) is 1.33. The minimum Gasteiger partial charge on any atom is -0.508 e. The van der Waals surface area contributed by atoms with E-state index >= 15 is 24.0 Å². The van der Waals surface area contributed by atoms with Crippen LogP contribution >= 0.6 is 11.8 Å². The fourth-order valence-electron chi connectivity index (χ4n) is 14.3. The number of ketones is 1. The molecule has 12 amide bonds. The van der Waals surface area contributed by atoms with Crippen LogP contribution in [0.4, 0.5) is 0 Å². The molecule has 130 heavy (non-hydrogen) atoms. The number of unbranched alkanes of at least 4 members (excludes halogenated alkanes) is 3. The predicted molar refractivity (Wildman–Crippen MR) is 483 cm³/mol. The number of hydrogen-bond donors (Lipinski definition) is 21. The molecule has 1 fully saturated rings. The molecular formula is C90H126N18O21S. The van der Waals surface area contributed by atoms with Crippen molar-refractivity contribution in [1.82, 2.24) is 84.4 Å². The number of hydrogen-bond acceptors (Lipinski definition) is 22. The molecular weight excluding hydrogens is 1700 g/mol. The standard InChI is InChI=1S/C90H126N18O21S/c1-9-10-13-26-62-82(122)103-69(42-56-31-35-61(109)36-32-56)87(127)102-66(45-60-47-94-50-96-60)72(110)43-59(44-75(114)115)80(120)99-65(37-38-74(112)113)84(124)108-77(52(4)5)89(129)106-67(40-51(2)3)85(125)104-68(41-55-29-33-58(34-30-55)57-24-16-12-17-25-57)86(126)101-63(27-19-18-23-54-21-14-11-15-22-54)83(123)105-70(46-76(116)117)88(128)107-71(78(91)118)48-130-49-73(111)97-53(6)79(119)98-64(81(121)100-62)28-20-39-95-90(92-7)93-8/h11-12,14-17,21-22,24-25,29-36,47,50-53,59,62-71,77,81,100,109,121H,9-10,13,18-20,23,26-28,37-46,48-49H2,1-8H3,(H2,91,118)(H,94,96)(H,97,111)(H,98,119)(H,99,120)(H,101,126)(H,102,127)(H,103,122)(H,104,125)(H,105,123)(H,106,129)(H,107,128)(H,108,124)(H,112,113)(H,114,115)(H,116,117)(H2,92,93,95)/t53-,59-,62-,63-,64-,65-,66-,67-,68-,69-,70-,71-,77-,81?/m0/s1. The molecule has 1 unspecified atom stereocenters. The Morgan fingerprint density at radius 2 is 1.07 bits per heavy atom. The lowest BCUT2D eigenvalue weighted by Crippen LogP contribution is -2.61. The Bertz CT molecular complexity index is 4610. The highest BCUT2D eigenvalue weighted by Crippen LogP contribution is 2.23. The van der Waals surface area contributed by atoms with Crippen molar-refractivity contribution >= 4 is 112 Å². The third-order valence-electron chi connectivity index (χ3n) is 21.5. The van der Waals surface area contributed by atoms with E-state index in [-0.39, 0.29) is 69.4 Å². The van der Waals surface area contributed by atoms with Crippen LogP contribution in [0.25, 0.3) is 11.1 Å². The lowest BCUT2D eigenvalue weighted by molar-refractivity contribution is -0.143. The molecule has 1 aliphatic rings. The van der Waals surface area contributed by atoms with E-state index in [1.807, 2.05) is 67.6 Å². The van der Waals surface area contributed by atoms with Crippen LogP contribution in [0.2, 0.25) is 0 Å². The topological polar surface area (TPSA) is 610 Å². The molecule has 0 bridgehead atoms. The number of guanidine groups is 1. The molecule has 40 heteroatoms. The Balaban J connectivity index is 1.46. The van der Waals surface area contributed by atoms with Crippen LogP contribution in [0.15, 0.2) is 127 Å². The Hall–Kier alpha value is -12.9. The molecule has 0 saturated carbocycles. The Morgan fingerprint density at radius 1 is 0.538 bits per heavy atom. The number of Topliss-reactive ketones (excluding diaryl/α,β-unsaturated/α-hetero) is 1. The number of amides is 12. The minimum atomic E-state index is -1.96. The number of aromatic amines is 1. The number of thioether (sulfide) groups is 1. The Labute approximate surface area is 759 Å². The van der Waals surface area contributed by atoms with E-state index in [1.165, 1.54) is 64.6 Å². The van der Waals surface area contributed by atoms with Gasteiger partial charge in [-0.1, -0.05) is 157 Å². The highest BCUT2D eigenvalue weighted by atomic mass is 32.2. The number of aliphatic carboxylic acids is 3. The summed E-state index contributed by atoms with van der Waals surface area (Å²) in [5.41, 5.74) is 9.38. The number of carboxylic acid groups (broad SMARTS) is 3. The van der Waals surface area contributed by atoms with E-state index < -0.39 is 241 Å². The fraction of sp³-hybridized carbons (Fsp3) is 0.511. The van der Waals surface area contributed by atoms with Crippen LogP contribution in [0, 0.1) is 17.8 Å². The number of aliphatic imine (C=N–C) groups is 1. The molecule has 1 aromatic heterocycles. The number of carbonyl (C=O) groups is 16. The highest BCUT2D eigenvalue weighted by Gasteiger charge is 2.40. The molecule has 39 nitrogen and oxygen atoms in total. The van der Waals surface area contributed by atoms with Crippen LogP contribution in [0.1, 0.15) is 160 Å². The van der Waals surface area contributed by atoms with Gasteiger partial charge in [0.1, 0.15) is 66.4 Å². The van der Waals surface area contributed by atoms with Crippen molar-refractivity contribution in [2.45, 2.75) is 242 Å². The van der Waals surface area contributed by atoms with Gasteiger partial charge in [-0.15, -0.1) is 11.8 Å². The largest absolute Gasteiger partial charge is 0.508 e. The second-order valence-corrected chi connectivity index (χ2v) is 33.9. The van der Waals surface area contributed by atoms with Gasteiger partial charge in [-0.25, -0.2) is 4.98 Å². The van der Waals surface area contributed by atoms with Crippen LogP contribution < -0.4 is 80.2 Å². The Kier molecular flexibility index (Phi) is 44.9. The highest BCUT2D eigenvalue weighted by molar-refractivity contribution is 8.00. The lowest BCUT2D eigenvalue weighted by Gasteiger charge is -2.31. The molecule has 5 aromatic rings. The molecule has 0 radical (unpaired) electrons. The van der Waals surface area contributed by atoms with Crippen molar-refractivity contribution < 1.29 is 102 Å². The molecule has 4 aromatic carbocycles. The average Bonchev–Trinajstić information content (AvgIpc) is 0.895. The first-order valence-corrected chi connectivity index (χ1v) is 44.7. The maximum Gasteiger partial charge on any atom is 0.305 e. The molecule has 1 aliphatic heterocycles. The monoisotopic (exact) mass is 1830 g/mol. The van der Waals surface area contributed by atoms with Crippen LogP contribution in [-0.2, 0) is 102 Å². The number of carbonyl (C=O) groups excluding carboxylic acids is 13. The molecule has 1 saturated heterocycles. The van der Waals surface area contributed by atoms with Crippen LogP contribution in [-0.4, -0.2) is 247 Å². The summed E-state index contributed by atoms with van der Waals surface area (Å²) in [7, 11) is 3.16. The summed E-state index contributed by atoms with van der Waals surface area (Å²) in [4.78, 5) is 240. The smallest absolute Gasteiger partial charge is 0.305 e. The zero-order valence-electron chi connectivity index (χ0n) is 74.5. The van der Waals surface area contributed by atoms with Crippen molar-refractivity contribution in [3.63, 3.8) is 0 Å². The van der Waals surface area contributed by atoms with Gasteiger partial charge in [0, 0.05) is 64.7 Å². The first kappa shape index (κ1) is 106. The average molecular weight is 1830 g/mol. The maximum atomic E-state index is 15.3. The second-order valence-electron chi connectivity index (χ2n) is 32.9. The van der Waals surface area contributed by atoms with E-state index in [1.54, 1.807) is 45.2 Å². The number of aryl methyl sites for hydroxylation is 1. The maximum absolute atomic E-state index is 15.3. The van der Waals surface area contributed by atoms with Gasteiger partial charge in [0.05, 0.1) is 54.7 Å². The van der Waals surface area contributed by atoms with E-state index in [2.05, 4.69) is 89.4 Å². The number of aliphatic hydroxyl groups is 1.